The van der Waals surface area contributed by atoms with Crippen molar-refractivity contribution in [2.75, 3.05) is 0 Å². The number of Topliss-reactive ketones (excluding diaryl/α,β-unsaturated/α-hetero) is 1. The van der Waals surface area contributed by atoms with Crippen LogP contribution in [0.3, 0.4) is 0 Å². The van der Waals surface area contributed by atoms with Gasteiger partial charge in [0.1, 0.15) is 5.78 Å². The molecule has 0 aliphatic rings. The average molecular weight is 365 g/mol. The average Bonchev–Trinajstić information content (AvgIpc) is 2.58. The summed E-state index contributed by atoms with van der Waals surface area (Å²) in [5, 5.41) is 19.4. The number of carbonyl (C=O) groups excluding carboxylic acids is 1. The van der Waals surface area contributed by atoms with E-state index in [-0.39, 0.29) is 17.6 Å². The molecular weight excluding hydrogens is 328 g/mol. The van der Waals surface area contributed by atoms with Crippen molar-refractivity contribution in [2.24, 2.45) is 23.7 Å². The van der Waals surface area contributed by atoms with Gasteiger partial charge in [0.25, 0.3) is 0 Å². The number of carboxylic acids is 1. The maximum atomic E-state index is 12.6. The summed E-state index contributed by atoms with van der Waals surface area (Å²) in [7, 11) is 0. The fourth-order valence-corrected chi connectivity index (χ4v) is 2.91. The number of carboxylic acid groups (broad SMARTS) is 1. The molecule has 148 valence electrons. The van der Waals surface area contributed by atoms with Crippen molar-refractivity contribution in [3.8, 4) is 0 Å². The van der Waals surface area contributed by atoms with Crippen molar-refractivity contribution >= 4 is 11.8 Å². The number of hydrogen-bond acceptors (Lipinski definition) is 3. The van der Waals surface area contributed by atoms with E-state index in [9.17, 15) is 14.7 Å². The van der Waals surface area contributed by atoms with Crippen molar-refractivity contribution in [3.63, 3.8) is 0 Å². The Bertz CT molecular complexity index is 556. The van der Waals surface area contributed by atoms with E-state index >= 15 is 0 Å². The van der Waals surface area contributed by atoms with E-state index in [1.54, 1.807) is 13.8 Å². The Labute approximate surface area is 158 Å². The van der Waals surface area contributed by atoms with Gasteiger partial charge in [-0.1, -0.05) is 63.1 Å². The molecule has 4 heteroatoms. The lowest BCUT2D eigenvalue weighted by Crippen LogP contribution is -2.34. The largest absolute Gasteiger partial charge is 0.481 e. The molecule has 0 aliphatic carbocycles. The third-order valence-corrected chi connectivity index (χ3v) is 4.93. The zero-order valence-corrected chi connectivity index (χ0v) is 17.3. The van der Waals surface area contributed by atoms with Crippen LogP contribution in [0.25, 0.3) is 0 Å². The molecule has 5 atom stereocenters. The number of aliphatic hydroxyl groups is 1. The van der Waals surface area contributed by atoms with Crippen LogP contribution < -0.4 is 0 Å². The Morgan fingerprint density at radius 1 is 1.08 bits per heavy atom. The molecule has 0 aromatic carbocycles. The van der Waals surface area contributed by atoms with Crippen molar-refractivity contribution < 1.29 is 19.8 Å². The summed E-state index contributed by atoms with van der Waals surface area (Å²) in [4.78, 5) is 23.4. The van der Waals surface area contributed by atoms with Gasteiger partial charge in [-0.05, 0) is 39.5 Å². The minimum atomic E-state index is -0.815. The molecule has 0 spiro atoms. The molecule has 26 heavy (non-hydrogen) atoms. The number of carbonyl (C=O) groups is 2. The smallest absolute Gasteiger partial charge is 0.306 e. The van der Waals surface area contributed by atoms with Crippen LogP contribution in [0.5, 0.6) is 0 Å². The SMILES string of the molecule is C/C=C(\C)C[C@H](C)[C@@H](O)[C@H](C)C(=O)[C@H](C)/C=C(C)/C=C/C[C@@H](C)C(=O)O. The topological polar surface area (TPSA) is 74.6 Å². The first kappa shape index (κ1) is 24.3. The van der Waals surface area contributed by atoms with Gasteiger partial charge >= 0.3 is 5.97 Å². The van der Waals surface area contributed by atoms with Gasteiger partial charge in [-0.25, -0.2) is 0 Å². The van der Waals surface area contributed by atoms with Crippen LogP contribution in [-0.4, -0.2) is 28.1 Å². The second-order valence-electron chi connectivity index (χ2n) is 7.57. The van der Waals surface area contributed by atoms with Gasteiger partial charge in [-0.3, -0.25) is 9.59 Å². The van der Waals surface area contributed by atoms with E-state index in [1.807, 2.05) is 58.9 Å². The first-order valence-corrected chi connectivity index (χ1v) is 9.42. The highest BCUT2D eigenvalue weighted by Crippen LogP contribution is 2.23. The quantitative estimate of drug-likeness (QED) is 0.408. The second-order valence-corrected chi connectivity index (χ2v) is 7.57. The summed E-state index contributed by atoms with van der Waals surface area (Å²) in [5.74, 6) is -1.91. The summed E-state index contributed by atoms with van der Waals surface area (Å²) in [6.07, 6.45) is 8.14. The summed E-state index contributed by atoms with van der Waals surface area (Å²) >= 11 is 0. The Morgan fingerprint density at radius 2 is 1.65 bits per heavy atom. The van der Waals surface area contributed by atoms with Gasteiger partial charge in [-0.15, -0.1) is 0 Å². The lowest BCUT2D eigenvalue weighted by molar-refractivity contribution is -0.141. The van der Waals surface area contributed by atoms with Gasteiger partial charge in [-0.2, -0.15) is 0 Å². The Morgan fingerprint density at radius 3 is 2.15 bits per heavy atom. The lowest BCUT2D eigenvalue weighted by atomic mass is 9.83. The molecule has 0 saturated heterocycles. The predicted octanol–water partition coefficient (Wildman–Crippen LogP) is 4.79. The summed E-state index contributed by atoms with van der Waals surface area (Å²) in [5.41, 5.74) is 2.13. The zero-order valence-electron chi connectivity index (χ0n) is 17.3. The Balaban J connectivity index is 4.81. The molecule has 0 aliphatic heterocycles. The molecule has 0 aromatic rings. The highest BCUT2D eigenvalue weighted by molar-refractivity contribution is 5.85. The van der Waals surface area contributed by atoms with E-state index in [0.717, 1.165) is 12.0 Å². The molecule has 2 N–H and O–H groups in total. The number of ketones is 1. The van der Waals surface area contributed by atoms with E-state index < -0.39 is 23.9 Å². The molecule has 0 bridgehead atoms. The number of aliphatic carboxylic acids is 1. The highest BCUT2D eigenvalue weighted by Gasteiger charge is 2.29. The molecule has 0 radical (unpaired) electrons. The Hall–Kier alpha value is -1.68. The van der Waals surface area contributed by atoms with Gasteiger partial charge in [0.2, 0.25) is 0 Å². The van der Waals surface area contributed by atoms with Gasteiger partial charge in [0.05, 0.1) is 12.0 Å². The normalized spacial score (nSPS) is 19.1. The standard InChI is InChI=1S/C22H36O4/c1-8-14(2)12-17(5)20(23)19(7)21(24)18(6)13-15(3)10-9-11-16(4)22(25)26/h8-10,13,16-20,23H,11-12H2,1-7H3,(H,25,26)/b10-9+,14-8+,15-13+/t16-,17+,18-,19+,20-/m1/s1. The minimum absolute atomic E-state index is 0.0223. The second kappa shape index (κ2) is 11.8. The lowest BCUT2D eigenvalue weighted by Gasteiger charge is -2.25. The molecular formula is C22H36O4. The number of aliphatic hydroxyl groups excluding tert-OH is 1. The van der Waals surface area contributed by atoms with Crippen LogP contribution in [0.4, 0.5) is 0 Å². The van der Waals surface area contributed by atoms with E-state index in [2.05, 4.69) is 0 Å². The van der Waals surface area contributed by atoms with Crippen LogP contribution in [-0.2, 0) is 9.59 Å². The molecule has 0 rings (SSSR count). The fourth-order valence-electron chi connectivity index (χ4n) is 2.91. The monoisotopic (exact) mass is 364 g/mol. The van der Waals surface area contributed by atoms with Crippen LogP contribution >= 0.6 is 0 Å². The van der Waals surface area contributed by atoms with Crippen molar-refractivity contribution in [1.29, 1.82) is 0 Å². The van der Waals surface area contributed by atoms with Crippen LogP contribution in [0.2, 0.25) is 0 Å². The molecule has 0 heterocycles. The number of hydrogen-bond donors (Lipinski definition) is 2. The van der Waals surface area contributed by atoms with E-state index in [4.69, 9.17) is 5.11 Å². The van der Waals surface area contributed by atoms with Gasteiger partial charge < -0.3 is 10.2 Å². The van der Waals surface area contributed by atoms with Crippen molar-refractivity contribution in [3.05, 3.63) is 35.5 Å². The van der Waals surface area contributed by atoms with Crippen molar-refractivity contribution in [2.45, 2.75) is 67.4 Å². The molecule has 0 fully saturated rings. The molecule has 0 saturated carbocycles. The zero-order chi connectivity index (χ0) is 20.4. The first-order chi connectivity index (χ1) is 12.0. The molecule has 0 unspecified atom stereocenters. The highest BCUT2D eigenvalue weighted by atomic mass is 16.4. The summed E-state index contributed by atoms with van der Waals surface area (Å²) in [6, 6.07) is 0. The molecule has 0 aromatic heterocycles. The maximum absolute atomic E-state index is 12.6. The van der Waals surface area contributed by atoms with Crippen molar-refractivity contribution in [1.82, 2.24) is 0 Å². The first-order valence-electron chi connectivity index (χ1n) is 9.42. The van der Waals surface area contributed by atoms with Crippen LogP contribution in [0.15, 0.2) is 35.5 Å². The number of allylic oxidation sites excluding steroid dienone is 6. The Kier molecular flexibility index (Phi) is 11.1. The molecule has 0 amide bonds. The van der Waals surface area contributed by atoms with E-state index in [0.29, 0.717) is 6.42 Å². The van der Waals surface area contributed by atoms with Gasteiger partial charge in [0.15, 0.2) is 0 Å². The third-order valence-electron chi connectivity index (χ3n) is 4.93. The van der Waals surface area contributed by atoms with Crippen LogP contribution in [0, 0.1) is 23.7 Å². The van der Waals surface area contributed by atoms with Crippen LogP contribution in [0.1, 0.15) is 61.3 Å². The van der Waals surface area contributed by atoms with Gasteiger partial charge in [0, 0.05) is 11.8 Å². The summed E-state index contributed by atoms with van der Waals surface area (Å²) in [6.45, 7) is 13.2. The fraction of sp³-hybridized carbons (Fsp3) is 0.636. The third kappa shape index (κ3) is 8.61. The summed E-state index contributed by atoms with van der Waals surface area (Å²) < 4.78 is 0. The maximum Gasteiger partial charge on any atom is 0.306 e. The number of rotatable bonds is 11. The predicted molar refractivity (Wildman–Crippen MR) is 107 cm³/mol. The van der Waals surface area contributed by atoms with E-state index in [1.165, 1.54) is 5.57 Å². The molecule has 4 nitrogen and oxygen atoms in total. The minimum Gasteiger partial charge on any atom is -0.481 e.